The number of halogens is 10. The van der Waals surface area contributed by atoms with Crippen LogP contribution in [-0.4, -0.2) is 288 Å². The van der Waals surface area contributed by atoms with Gasteiger partial charge in [0, 0.05) is 61.3 Å². The van der Waals surface area contributed by atoms with Crippen LogP contribution in [0, 0.1) is 35.5 Å². The Morgan fingerprint density at radius 3 is 1.76 bits per heavy atom. The van der Waals surface area contributed by atoms with Crippen molar-refractivity contribution in [1.82, 2.24) is 60.0 Å². The van der Waals surface area contributed by atoms with Crippen molar-refractivity contribution >= 4 is 82.5 Å². The van der Waals surface area contributed by atoms with E-state index in [4.69, 9.17) is 16.3 Å². The summed E-state index contributed by atoms with van der Waals surface area (Å²) in [5.74, 6) is -16.9. The molecular weight excluding hydrogens is 1460 g/mol. The average molecular weight is 1570 g/mol. The van der Waals surface area contributed by atoms with Gasteiger partial charge < -0.3 is 64.8 Å². The summed E-state index contributed by atoms with van der Waals surface area (Å²) >= 11 is 6.38. The summed E-state index contributed by atoms with van der Waals surface area (Å²) in [7, 11) is 8.35. The molecule has 0 aromatic heterocycles. The lowest BCUT2D eigenvalue weighted by molar-refractivity contribution is -0.184. The van der Waals surface area contributed by atoms with Crippen molar-refractivity contribution in [3.8, 4) is 0 Å². The SMILES string of the molecule is CC[C@H](C)[C@@H]1NC(=O)[C@H](CC(F)(F)F)N(C)C(=O)C[C@@H](C(=O)N2C3CCC2COC3)N(C)C(=O)[C@H](C2CCCCC2)N(C)C(=O)C2(CCCC2)NC(=O)[C@@H]2CCCN2C(=O)[C@H](CCC2CCC(C(F)(F)F)C(Cl)C2)NC(=O)CN(C)C(=O)[C@H](CC2CCC(C(F)(F)F)CC2)N(C)C(=O)CN(C)C(=O)CN(C)C1=O. The summed E-state index contributed by atoms with van der Waals surface area (Å²) in [4.78, 5) is 189. The number of alkyl halides is 10. The van der Waals surface area contributed by atoms with E-state index in [9.17, 15) is 68.3 Å². The number of morpholine rings is 1. The largest absolute Gasteiger partial charge is 0.393 e. The summed E-state index contributed by atoms with van der Waals surface area (Å²) in [5.41, 5.74) is -1.71. The monoisotopic (exact) mass is 1570 g/mol. The first-order chi connectivity index (χ1) is 50.6. The molecule has 2 bridgehead atoms. The molecule has 0 aromatic rings. The second-order valence-electron chi connectivity index (χ2n) is 32.0. The van der Waals surface area contributed by atoms with Crippen LogP contribution >= 0.6 is 11.6 Å². The number of hydrogen-bond acceptors (Lipinski definition) is 13. The number of likely N-dealkylation sites (N-methyl/N-ethyl adjacent to an activating group) is 7. The molecule has 12 amide bonds. The van der Waals surface area contributed by atoms with E-state index in [-0.39, 0.29) is 116 Å². The van der Waals surface area contributed by atoms with Gasteiger partial charge in [0.1, 0.15) is 47.8 Å². The fourth-order valence-corrected chi connectivity index (χ4v) is 18.2. The van der Waals surface area contributed by atoms with E-state index in [2.05, 4.69) is 16.0 Å². The van der Waals surface area contributed by atoms with Crippen molar-refractivity contribution in [3.05, 3.63) is 0 Å². The molecule has 8 rings (SSSR count). The molecule has 8 fully saturated rings. The predicted octanol–water partition coefficient (Wildman–Crippen LogP) is 6.56. The Morgan fingerprint density at radius 1 is 0.583 bits per heavy atom. The standard InChI is InChI=1S/C73H110ClF9N12O13/c1-10-42(2)60-67(105)89(5)38-58(98)87(3)39-59(99)90(6)53(34-44-20-24-46(25-21-44)72(78,79)80)65(103)88(4)37-56(96)84-51(29-23-43-22-28-49(50(74)33-43)73(81,82)83)64(102)94-32-16-19-52(94)63(101)86-70(30-14-15-31-70)69(107)93(9)61(45-17-12-11-13-18-45)68(106)92(8)54(66(104)95-47-26-27-48(95)41-108-40-47)35-57(97)91(7)55(62(100)85-60)36-71(75,76)77/h42-55,60-61H,10-41H2,1-9H3,(H,84,96)(H,85,100)(H,86,101)/t42-,43?,44?,46?,47?,48?,49?,50?,51-,52-,53-,54-,55-,60-,61-/m0/s1. The van der Waals surface area contributed by atoms with Crippen LogP contribution in [0.3, 0.4) is 0 Å². The van der Waals surface area contributed by atoms with E-state index in [1.54, 1.807) is 6.92 Å². The van der Waals surface area contributed by atoms with Crippen LogP contribution in [0.5, 0.6) is 0 Å². The molecule has 3 N–H and O–H groups in total. The lowest BCUT2D eigenvalue weighted by atomic mass is 9.78. The van der Waals surface area contributed by atoms with Crippen LogP contribution in [0.25, 0.3) is 0 Å². The first-order valence-corrected chi connectivity index (χ1v) is 38.8. The van der Waals surface area contributed by atoms with E-state index in [0.717, 1.165) is 45.0 Å². The molecule has 0 aromatic carbocycles. The van der Waals surface area contributed by atoms with Gasteiger partial charge in [-0.1, -0.05) is 52.4 Å². The van der Waals surface area contributed by atoms with E-state index >= 15 is 28.8 Å². The number of carbonyl (C=O) groups is 12. The number of carbonyl (C=O) groups excluding carboxylic acids is 12. The Kier molecular flexibility index (Phi) is 29.4. The van der Waals surface area contributed by atoms with Gasteiger partial charge in [-0.15, -0.1) is 11.6 Å². The molecular formula is C73H110ClF9N12O13. The van der Waals surface area contributed by atoms with E-state index < -0.39 is 223 Å². The normalized spacial score (nSPS) is 32.0. The van der Waals surface area contributed by atoms with Crippen molar-refractivity contribution in [2.24, 2.45) is 35.5 Å². The third kappa shape index (κ3) is 21.1. The summed E-state index contributed by atoms with van der Waals surface area (Å²) < 4.78 is 134. The molecule has 4 aliphatic carbocycles. The topological polar surface area (TPSA) is 279 Å². The number of ether oxygens (including phenoxy) is 1. The fraction of sp³-hybridized carbons (Fsp3) is 0.836. The summed E-state index contributed by atoms with van der Waals surface area (Å²) in [6.45, 7) is 0.885. The lowest BCUT2D eigenvalue weighted by Crippen LogP contribution is -2.65. The molecule has 4 saturated carbocycles. The number of nitrogens with zero attached hydrogens (tertiary/aromatic N) is 9. The molecule has 8 aliphatic rings. The Hall–Kier alpha value is -6.74. The van der Waals surface area contributed by atoms with Crippen LogP contribution in [0.4, 0.5) is 39.5 Å². The van der Waals surface area contributed by atoms with Crippen molar-refractivity contribution in [2.75, 3.05) is 88.7 Å². The van der Waals surface area contributed by atoms with Gasteiger partial charge >= 0.3 is 18.5 Å². The minimum atomic E-state index is -5.15. The highest BCUT2D eigenvalue weighted by Crippen LogP contribution is 2.45. The van der Waals surface area contributed by atoms with E-state index in [1.165, 1.54) is 56.9 Å². The minimum absolute atomic E-state index is 0.0104. The van der Waals surface area contributed by atoms with Crippen molar-refractivity contribution in [2.45, 2.75) is 265 Å². The highest BCUT2D eigenvalue weighted by Gasteiger charge is 2.54. The van der Waals surface area contributed by atoms with Crippen molar-refractivity contribution < 1.29 is 102 Å². The number of fused-ring (bicyclic) bond motifs is 3. The second kappa shape index (κ2) is 36.6. The third-order valence-corrected chi connectivity index (χ3v) is 25.1. The molecule has 610 valence electrons. The molecule has 1 spiro atoms. The molecule has 4 heterocycles. The van der Waals surface area contributed by atoms with Gasteiger partial charge in [-0.25, -0.2) is 0 Å². The number of hydrogen-bond donors (Lipinski definition) is 3. The Labute approximate surface area is 630 Å². The Balaban J connectivity index is 1.18. The maximum atomic E-state index is 15.9. The Morgan fingerprint density at radius 2 is 1.18 bits per heavy atom. The summed E-state index contributed by atoms with van der Waals surface area (Å²) in [6.07, 6.45) is -13.3. The lowest BCUT2D eigenvalue weighted by Gasteiger charge is -2.44. The predicted molar refractivity (Wildman–Crippen MR) is 375 cm³/mol. The van der Waals surface area contributed by atoms with Gasteiger partial charge in [-0.05, 0) is 139 Å². The molecule has 0 radical (unpaired) electrons. The van der Waals surface area contributed by atoms with Crippen LogP contribution in [0.2, 0.25) is 0 Å². The quantitative estimate of drug-likeness (QED) is 0.155. The third-order valence-electron chi connectivity index (χ3n) is 24.6. The minimum Gasteiger partial charge on any atom is -0.377 e. The Bertz CT molecular complexity index is 3230. The molecule has 108 heavy (non-hydrogen) atoms. The summed E-state index contributed by atoms with van der Waals surface area (Å²) in [5, 5.41) is 6.80. The molecule has 35 heteroatoms. The van der Waals surface area contributed by atoms with Crippen molar-refractivity contribution in [3.63, 3.8) is 0 Å². The smallest absolute Gasteiger partial charge is 0.377 e. The molecule has 25 nitrogen and oxygen atoms in total. The molecule has 5 unspecified atom stereocenters. The maximum Gasteiger partial charge on any atom is 0.393 e. The van der Waals surface area contributed by atoms with Gasteiger partial charge in [-0.3, -0.25) is 57.5 Å². The van der Waals surface area contributed by atoms with E-state index in [1.807, 2.05) is 0 Å². The zero-order valence-electron chi connectivity index (χ0n) is 63.5. The first-order valence-electron chi connectivity index (χ1n) is 38.3. The first kappa shape index (κ1) is 86.8. The molecule has 4 saturated heterocycles. The van der Waals surface area contributed by atoms with Crippen LogP contribution in [-0.2, 0) is 62.3 Å². The highest BCUT2D eigenvalue weighted by atomic mass is 35.5. The van der Waals surface area contributed by atoms with Crippen LogP contribution in [0.1, 0.15) is 181 Å². The zero-order chi connectivity index (χ0) is 79.8. The van der Waals surface area contributed by atoms with Crippen molar-refractivity contribution in [1.29, 1.82) is 0 Å². The maximum absolute atomic E-state index is 15.9. The fourth-order valence-electron chi connectivity index (χ4n) is 17.7. The number of nitrogens with one attached hydrogen (secondary N) is 3. The van der Waals surface area contributed by atoms with Gasteiger partial charge in [0.2, 0.25) is 70.9 Å². The molecule has 4 aliphatic heterocycles. The zero-order valence-corrected chi connectivity index (χ0v) is 64.2. The van der Waals surface area contributed by atoms with Gasteiger partial charge in [0.15, 0.2) is 0 Å². The van der Waals surface area contributed by atoms with E-state index in [0.29, 0.717) is 56.3 Å². The van der Waals surface area contributed by atoms with Crippen LogP contribution in [0.15, 0.2) is 0 Å². The highest BCUT2D eigenvalue weighted by molar-refractivity contribution is 6.21. The van der Waals surface area contributed by atoms with Crippen LogP contribution < -0.4 is 16.0 Å². The van der Waals surface area contributed by atoms with Gasteiger partial charge in [-0.2, -0.15) is 39.5 Å². The number of rotatable bonds is 10. The van der Waals surface area contributed by atoms with Gasteiger partial charge in [0.05, 0.1) is 69.6 Å². The average Bonchev–Trinajstić information content (AvgIpc) is 1.48. The molecule has 13 atom stereocenters. The van der Waals surface area contributed by atoms with Gasteiger partial charge in [0.25, 0.3) is 0 Å². The number of amides is 12. The second-order valence-corrected chi connectivity index (χ2v) is 32.5. The summed E-state index contributed by atoms with van der Waals surface area (Å²) in [6, 6.07) is -12.5.